The Hall–Kier alpha value is -0.205. The van der Waals surface area contributed by atoms with Crippen molar-refractivity contribution in [2.75, 3.05) is 24.3 Å². The van der Waals surface area contributed by atoms with E-state index in [1.807, 2.05) is 34.6 Å². The van der Waals surface area contributed by atoms with Gasteiger partial charge in [0.15, 0.2) is 0 Å². The third kappa shape index (κ3) is 12.1. The average Bonchev–Trinajstić information content (AvgIpc) is 2.44. The maximum atomic E-state index is 11.8. The molecule has 0 aliphatic carbocycles. The van der Waals surface area contributed by atoms with Gasteiger partial charge >= 0.3 is 128 Å². The number of nitrogens with two attached hydrogens (primary N) is 1. The standard InChI is InChI=1S/C7H14NO2.C5H11N2O.C2H6.Hg/c1-3-5-10-6-4-7(9)8-2;1-4(2)5(8)7(3)6;1-2;/h2-6H2,1H3,(H,8,9);6H2,1-3H3;1-2H3;. The van der Waals surface area contributed by atoms with Gasteiger partial charge in [-0.25, -0.2) is 0 Å². The molecule has 0 fully saturated rings. The van der Waals surface area contributed by atoms with E-state index in [9.17, 15) is 9.59 Å². The molecule has 0 unspecified atom stereocenters. The van der Waals surface area contributed by atoms with Gasteiger partial charge in [0, 0.05) is 0 Å². The average molecular weight is 490 g/mol. The molecule has 6 nitrogen and oxygen atoms in total. The zero-order valence-corrected chi connectivity index (χ0v) is 20.0. The number of amides is 2. The number of rotatable bonds is 9. The molecular weight excluding hydrogens is 459 g/mol. The fourth-order valence-electron chi connectivity index (χ4n) is 1.60. The summed E-state index contributed by atoms with van der Waals surface area (Å²) in [5.41, 5.74) is 0. The van der Waals surface area contributed by atoms with Gasteiger partial charge < -0.3 is 0 Å². The number of nitrogens with one attached hydrogen (secondary N) is 1. The molecule has 0 rings (SSSR count). The van der Waals surface area contributed by atoms with Crippen LogP contribution < -0.4 is 11.2 Å². The second-order valence-electron chi connectivity index (χ2n) is 5.26. The zero-order chi connectivity index (χ0) is 16.9. The summed E-state index contributed by atoms with van der Waals surface area (Å²) in [4.78, 5) is 23.3. The van der Waals surface area contributed by atoms with Crippen molar-refractivity contribution in [3.8, 4) is 0 Å². The third-order valence-electron chi connectivity index (χ3n) is 2.79. The molecule has 0 radical (unpaired) electrons. The minimum absolute atomic E-state index is 0.000421. The summed E-state index contributed by atoms with van der Waals surface area (Å²) >= 11 is -1.56. The van der Waals surface area contributed by atoms with Crippen LogP contribution in [-0.4, -0.2) is 41.1 Å². The molecular formula is C14H31HgN3O3. The summed E-state index contributed by atoms with van der Waals surface area (Å²) in [5, 5.41) is 4.02. The predicted molar refractivity (Wildman–Crippen MR) is 81.1 cm³/mol. The fourth-order valence-corrected chi connectivity index (χ4v) is 7.40. The van der Waals surface area contributed by atoms with Gasteiger partial charge in [0.05, 0.1) is 0 Å². The molecule has 0 atom stereocenters. The monoisotopic (exact) mass is 491 g/mol. The molecule has 2 amide bonds. The minimum atomic E-state index is -1.56. The van der Waals surface area contributed by atoms with Crippen molar-refractivity contribution in [2.45, 2.75) is 50.4 Å². The zero-order valence-electron chi connectivity index (χ0n) is 14.5. The fraction of sp³-hybridized carbons (Fsp3) is 0.857. The number of hydrazine groups is 1. The van der Waals surface area contributed by atoms with Crippen LogP contribution in [-0.2, 0) is 38.9 Å². The van der Waals surface area contributed by atoms with E-state index in [1.165, 1.54) is 0 Å². The van der Waals surface area contributed by atoms with Gasteiger partial charge in [0.25, 0.3) is 0 Å². The SMILES string of the molecule is CC.CCCOCCC(=O)N[CH2][Hg][C](C)(C)C(=O)N(C)N. The molecule has 0 saturated heterocycles. The first-order chi connectivity index (χ1) is 9.81. The number of carbonyl (C=O) groups is 2. The van der Waals surface area contributed by atoms with Crippen molar-refractivity contribution in [3.63, 3.8) is 0 Å². The van der Waals surface area contributed by atoms with Gasteiger partial charge in [0.1, 0.15) is 0 Å². The van der Waals surface area contributed by atoms with E-state index in [0.717, 1.165) is 11.4 Å². The normalized spacial score (nSPS) is 10.0. The maximum absolute atomic E-state index is 11.8. The predicted octanol–water partition coefficient (Wildman–Crippen LogP) is 1.52. The van der Waals surface area contributed by atoms with Crippen LogP contribution in [0.25, 0.3) is 0 Å². The number of ether oxygens (including phenoxy) is 1. The van der Waals surface area contributed by atoms with Gasteiger partial charge in [-0.05, 0) is 0 Å². The van der Waals surface area contributed by atoms with Crippen LogP contribution in [0.15, 0.2) is 0 Å². The molecule has 0 bridgehead atoms. The number of hydrogen-bond donors (Lipinski definition) is 2. The summed E-state index contributed by atoms with van der Waals surface area (Å²) in [7, 11) is 1.56. The summed E-state index contributed by atoms with van der Waals surface area (Å²) < 4.78 is 5.58. The molecule has 0 aliphatic heterocycles. The second kappa shape index (κ2) is 13.5. The van der Waals surface area contributed by atoms with Crippen molar-refractivity contribution in [1.82, 2.24) is 10.3 Å². The van der Waals surface area contributed by atoms with Gasteiger partial charge in [-0.3, -0.25) is 0 Å². The first-order valence-electron chi connectivity index (χ1n) is 7.68. The van der Waals surface area contributed by atoms with Crippen LogP contribution in [0.5, 0.6) is 0 Å². The molecule has 3 N–H and O–H groups in total. The van der Waals surface area contributed by atoms with Gasteiger partial charge in [0.2, 0.25) is 0 Å². The molecule has 0 saturated carbocycles. The second-order valence-corrected chi connectivity index (χ2v) is 16.0. The van der Waals surface area contributed by atoms with Crippen molar-refractivity contribution >= 4 is 11.8 Å². The topological polar surface area (TPSA) is 84.7 Å². The van der Waals surface area contributed by atoms with Gasteiger partial charge in [-0.15, -0.1) is 0 Å². The first-order valence-corrected chi connectivity index (χ1v) is 14.3. The van der Waals surface area contributed by atoms with E-state index in [0.29, 0.717) is 23.7 Å². The molecule has 0 aromatic rings. The van der Waals surface area contributed by atoms with E-state index >= 15 is 0 Å². The van der Waals surface area contributed by atoms with Crippen LogP contribution in [0.2, 0.25) is 2.92 Å². The molecule has 0 spiro atoms. The third-order valence-corrected chi connectivity index (χ3v) is 10.8. The van der Waals surface area contributed by atoms with Crippen LogP contribution in [0.4, 0.5) is 0 Å². The molecule has 0 aromatic heterocycles. The van der Waals surface area contributed by atoms with E-state index in [-0.39, 0.29) is 14.7 Å². The quantitative estimate of drug-likeness (QED) is 0.169. The van der Waals surface area contributed by atoms with E-state index in [4.69, 9.17) is 10.6 Å². The number of hydrogen-bond acceptors (Lipinski definition) is 4. The van der Waals surface area contributed by atoms with Gasteiger partial charge in [-0.1, -0.05) is 13.8 Å². The number of nitrogens with zero attached hydrogens (tertiary/aromatic N) is 1. The van der Waals surface area contributed by atoms with Crippen LogP contribution in [0.1, 0.15) is 47.5 Å². The van der Waals surface area contributed by atoms with Crippen molar-refractivity contribution in [3.05, 3.63) is 0 Å². The van der Waals surface area contributed by atoms with E-state index < -0.39 is 24.6 Å². The molecule has 21 heavy (non-hydrogen) atoms. The Morgan fingerprint density at radius 1 is 1.29 bits per heavy atom. The molecule has 122 valence electrons. The van der Waals surface area contributed by atoms with Crippen LogP contribution in [0, 0.1) is 0 Å². The van der Waals surface area contributed by atoms with Gasteiger partial charge in [-0.2, -0.15) is 0 Å². The number of carbonyl (C=O) groups excluding carboxylic acids is 2. The Morgan fingerprint density at radius 2 is 1.86 bits per heavy atom. The Kier molecular flexibility index (Phi) is 14.8. The van der Waals surface area contributed by atoms with E-state index in [1.54, 1.807) is 7.05 Å². The summed E-state index contributed by atoms with van der Waals surface area (Å²) in [6.07, 6.45) is 1.35. The van der Waals surface area contributed by atoms with Crippen molar-refractivity contribution < 1.29 is 38.9 Å². The van der Waals surface area contributed by atoms with Crippen LogP contribution >= 0.6 is 0 Å². The summed E-state index contributed by atoms with van der Waals surface area (Å²) in [6.45, 7) is 11.0. The van der Waals surface area contributed by atoms with E-state index in [2.05, 4.69) is 5.32 Å². The molecule has 7 heteroatoms. The molecule has 0 heterocycles. The Balaban J connectivity index is 0. The first kappa shape index (κ1) is 23.1. The van der Waals surface area contributed by atoms with Crippen molar-refractivity contribution in [1.29, 1.82) is 0 Å². The molecule has 0 aromatic carbocycles. The Bertz CT molecular complexity index is 297. The molecule has 0 aliphatic rings. The van der Waals surface area contributed by atoms with Crippen LogP contribution in [0.3, 0.4) is 0 Å². The summed E-state index contributed by atoms with van der Waals surface area (Å²) in [5.74, 6) is 5.42. The van der Waals surface area contributed by atoms with Crippen molar-refractivity contribution in [2.24, 2.45) is 5.84 Å². The Labute approximate surface area is 141 Å². The summed E-state index contributed by atoms with van der Waals surface area (Å²) in [6, 6.07) is 0. The Morgan fingerprint density at radius 3 is 2.33 bits per heavy atom.